The number of nitrogens with zero attached hydrogens (tertiary/aromatic N) is 1. The number of aryl methyl sites for hydroxylation is 2. The van der Waals surface area contributed by atoms with Crippen LogP contribution < -0.4 is 14.8 Å². The summed E-state index contributed by atoms with van der Waals surface area (Å²) < 4.78 is 10.7. The van der Waals surface area contributed by atoms with Crippen LogP contribution in [0.15, 0.2) is 36.4 Å². The normalized spacial score (nSPS) is 10.7. The topological polar surface area (TPSA) is 50.8 Å². The first kappa shape index (κ1) is 20.8. The summed E-state index contributed by atoms with van der Waals surface area (Å²) in [5, 5.41) is 3.10. The van der Waals surface area contributed by atoms with Gasteiger partial charge in [0.05, 0.1) is 20.8 Å². The molecule has 0 saturated heterocycles. The van der Waals surface area contributed by atoms with Gasteiger partial charge in [-0.2, -0.15) is 0 Å². The van der Waals surface area contributed by atoms with E-state index in [1.54, 1.807) is 14.2 Å². The number of carbonyl (C=O) groups is 1. The first-order chi connectivity index (χ1) is 13.0. The number of rotatable bonds is 9. The van der Waals surface area contributed by atoms with E-state index in [2.05, 4.69) is 30.1 Å². The maximum Gasteiger partial charge on any atom is 0.238 e. The summed E-state index contributed by atoms with van der Waals surface area (Å²) in [5.74, 6) is 1.40. The molecule has 0 radical (unpaired) electrons. The summed E-state index contributed by atoms with van der Waals surface area (Å²) in [6, 6.07) is 12.0. The van der Waals surface area contributed by atoms with Gasteiger partial charge in [-0.25, -0.2) is 0 Å². The smallest absolute Gasteiger partial charge is 0.238 e. The Hall–Kier alpha value is -2.53. The van der Waals surface area contributed by atoms with E-state index in [0.29, 0.717) is 24.6 Å². The van der Waals surface area contributed by atoms with Crippen LogP contribution in [0.4, 0.5) is 5.69 Å². The number of ether oxygens (including phenoxy) is 2. The molecule has 0 atom stereocenters. The molecule has 5 heteroatoms. The highest BCUT2D eigenvalue weighted by Crippen LogP contribution is 2.28. The van der Waals surface area contributed by atoms with Crippen molar-refractivity contribution >= 4 is 11.6 Å². The van der Waals surface area contributed by atoms with Crippen molar-refractivity contribution in [2.75, 3.05) is 32.6 Å². The lowest BCUT2D eigenvalue weighted by atomic mass is 10.1. The number of likely N-dealkylation sites (N-methyl/N-ethyl adjacent to an activating group) is 1. The van der Waals surface area contributed by atoms with Gasteiger partial charge in [-0.05, 0) is 48.7 Å². The first-order valence-electron chi connectivity index (χ1n) is 9.33. The van der Waals surface area contributed by atoms with Gasteiger partial charge in [0.2, 0.25) is 5.91 Å². The Balaban J connectivity index is 2.06. The number of para-hydroxylation sites is 1. The van der Waals surface area contributed by atoms with Crippen LogP contribution in [-0.2, 0) is 17.8 Å². The molecule has 0 aromatic heterocycles. The maximum absolute atomic E-state index is 12.6. The Morgan fingerprint density at radius 3 is 2.44 bits per heavy atom. The van der Waals surface area contributed by atoms with Crippen LogP contribution in [0.2, 0.25) is 0 Å². The molecule has 146 valence electrons. The molecule has 0 fully saturated rings. The van der Waals surface area contributed by atoms with E-state index >= 15 is 0 Å². The van der Waals surface area contributed by atoms with Crippen molar-refractivity contribution in [1.82, 2.24) is 4.90 Å². The molecule has 0 spiro atoms. The number of methoxy groups -OCH3 is 2. The minimum atomic E-state index is 0.00123. The van der Waals surface area contributed by atoms with E-state index < -0.39 is 0 Å². The van der Waals surface area contributed by atoms with Crippen LogP contribution in [0.25, 0.3) is 0 Å². The molecular formula is C22H30N2O3. The molecule has 1 N–H and O–H groups in total. The van der Waals surface area contributed by atoms with Crippen LogP contribution in [0.5, 0.6) is 11.5 Å². The molecule has 2 rings (SSSR count). The fraction of sp³-hybridized carbons (Fsp3) is 0.409. The predicted molar refractivity (Wildman–Crippen MR) is 110 cm³/mol. The molecule has 0 unspecified atom stereocenters. The van der Waals surface area contributed by atoms with Gasteiger partial charge in [0.1, 0.15) is 0 Å². The Bertz CT molecular complexity index is 774. The van der Waals surface area contributed by atoms with Gasteiger partial charge in [-0.15, -0.1) is 0 Å². The summed E-state index contributed by atoms with van der Waals surface area (Å²) in [6.45, 7) is 7.95. The number of benzene rings is 2. The summed E-state index contributed by atoms with van der Waals surface area (Å²) in [6.07, 6.45) is 0.889. The molecule has 2 aromatic rings. The van der Waals surface area contributed by atoms with Crippen molar-refractivity contribution in [2.45, 2.75) is 33.7 Å². The van der Waals surface area contributed by atoms with Crippen molar-refractivity contribution in [1.29, 1.82) is 0 Å². The van der Waals surface area contributed by atoms with Crippen molar-refractivity contribution < 1.29 is 14.3 Å². The van der Waals surface area contributed by atoms with E-state index in [1.807, 2.05) is 37.3 Å². The third kappa shape index (κ3) is 5.47. The minimum absolute atomic E-state index is 0.00123. The molecule has 0 aliphatic rings. The quantitative estimate of drug-likeness (QED) is 0.724. The second-order valence-corrected chi connectivity index (χ2v) is 6.50. The molecule has 27 heavy (non-hydrogen) atoms. The lowest BCUT2D eigenvalue weighted by Gasteiger charge is -2.21. The Morgan fingerprint density at radius 2 is 1.81 bits per heavy atom. The van der Waals surface area contributed by atoms with Crippen molar-refractivity contribution in [2.24, 2.45) is 0 Å². The zero-order valence-electron chi connectivity index (χ0n) is 17.0. The van der Waals surface area contributed by atoms with E-state index in [1.165, 1.54) is 0 Å². The Labute approximate surface area is 162 Å². The predicted octanol–water partition coefficient (Wildman–Crippen LogP) is 4.04. The zero-order valence-corrected chi connectivity index (χ0v) is 17.0. The molecule has 0 aliphatic carbocycles. The number of anilines is 1. The maximum atomic E-state index is 12.6. The van der Waals surface area contributed by atoms with E-state index in [4.69, 9.17) is 9.47 Å². The van der Waals surface area contributed by atoms with Gasteiger partial charge in [-0.1, -0.05) is 38.1 Å². The molecule has 2 aromatic carbocycles. The average molecular weight is 370 g/mol. The molecule has 0 aliphatic heterocycles. The SMILES string of the molecule is CCc1cccc(C)c1NC(=O)CN(CC)Cc1ccc(OC)c(OC)c1. The minimum Gasteiger partial charge on any atom is -0.493 e. The summed E-state index contributed by atoms with van der Waals surface area (Å²) in [4.78, 5) is 14.7. The Morgan fingerprint density at radius 1 is 1.07 bits per heavy atom. The van der Waals surface area contributed by atoms with Crippen LogP contribution in [0, 0.1) is 6.92 Å². The van der Waals surface area contributed by atoms with Gasteiger partial charge in [0.25, 0.3) is 0 Å². The second-order valence-electron chi connectivity index (χ2n) is 6.50. The molecule has 0 heterocycles. The van der Waals surface area contributed by atoms with Crippen LogP contribution in [0.1, 0.15) is 30.5 Å². The lowest BCUT2D eigenvalue weighted by molar-refractivity contribution is -0.117. The van der Waals surface area contributed by atoms with Crippen molar-refractivity contribution in [3.63, 3.8) is 0 Å². The first-order valence-corrected chi connectivity index (χ1v) is 9.33. The average Bonchev–Trinajstić information content (AvgIpc) is 2.68. The third-order valence-electron chi connectivity index (χ3n) is 4.67. The number of nitrogens with one attached hydrogen (secondary N) is 1. The number of carbonyl (C=O) groups excluding carboxylic acids is 1. The largest absolute Gasteiger partial charge is 0.493 e. The van der Waals surface area contributed by atoms with E-state index in [-0.39, 0.29) is 5.91 Å². The molecule has 0 saturated carbocycles. The van der Waals surface area contributed by atoms with E-state index in [9.17, 15) is 4.79 Å². The summed E-state index contributed by atoms with van der Waals surface area (Å²) >= 11 is 0. The van der Waals surface area contributed by atoms with E-state index in [0.717, 1.165) is 35.3 Å². The highest BCUT2D eigenvalue weighted by atomic mass is 16.5. The molecule has 0 bridgehead atoms. The number of amides is 1. The highest BCUT2D eigenvalue weighted by Gasteiger charge is 2.14. The standard InChI is InChI=1S/C22H30N2O3/c1-6-18-10-8-9-16(3)22(18)23-21(25)15-24(7-2)14-17-11-12-19(26-4)20(13-17)27-5/h8-13H,6-7,14-15H2,1-5H3,(H,23,25). The van der Waals surface area contributed by atoms with Crippen molar-refractivity contribution in [3.05, 3.63) is 53.1 Å². The monoisotopic (exact) mass is 370 g/mol. The van der Waals surface area contributed by atoms with Gasteiger partial charge >= 0.3 is 0 Å². The number of hydrogen-bond donors (Lipinski definition) is 1. The summed E-state index contributed by atoms with van der Waals surface area (Å²) in [7, 11) is 3.25. The lowest BCUT2D eigenvalue weighted by Crippen LogP contribution is -2.33. The third-order valence-corrected chi connectivity index (χ3v) is 4.67. The Kier molecular flexibility index (Phi) is 7.67. The van der Waals surface area contributed by atoms with Crippen molar-refractivity contribution in [3.8, 4) is 11.5 Å². The zero-order chi connectivity index (χ0) is 19.8. The highest BCUT2D eigenvalue weighted by molar-refractivity contribution is 5.93. The fourth-order valence-electron chi connectivity index (χ4n) is 3.10. The van der Waals surface area contributed by atoms with Crippen LogP contribution in [-0.4, -0.2) is 38.1 Å². The number of hydrogen-bond acceptors (Lipinski definition) is 4. The second kappa shape index (κ2) is 9.97. The summed E-state index contributed by atoms with van der Waals surface area (Å²) in [5.41, 5.74) is 4.26. The molecular weight excluding hydrogens is 340 g/mol. The van der Waals surface area contributed by atoms with Crippen LogP contribution >= 0.6 is 0 Å². The van der Waals surface area contributed by atoms with Gasteiger partial charge in [-0.3, -0.25) is 9.69 Å². The van der Waals surface area contributed by atoms with Gasteiger partial charge < -0.3 is 14.8 Å². The van der Waals surface area contributed by atoms with Crippen LogP contribution in [0.3, 0.4) is 0 Å². The van der Waals surface area contributed by atoms with Gasteiger partial charge in [0, 0.05) is 12.2 Å². The molecule has 1 amide bonds. The van der Waals surface area contributed by atoms with Gasteiger partial charge in [0.15, 0.2) is 11.5 Å². The molecule has 5 nitrogen and oxygen atoms in total. The fourth-order valence-corrected chi connectivity index (χ4v) is 3.10.